The molecule has 4 rings (SSSR count). The van der Waals surface area contributed by atoms with Crippen molar-refractivity contribution in [2.45, 2.75) is 6.04 Å². The van der Waals surface area contributed by atoms with Crippen LogP contribution in [0.15, 0.2) is 70.8 Å². The van der Waals surface area contributed by atoms with Crippen LogP contribution in [0.5, 0.6) is 17.2 Å². The molecule has 27 heavy (non-hydrogen) atoms. The van der Waals surface area contributed by atoms with Crippen molar-refractivity contribution >= 4 is 17.0 Å². The number of aliphatic imine (C=N–C) groups is 2. The Morgan fingerprint density at radius 1 is 0.815 bits per heavy atom. The lowest BCUT2D eigenvalue weighted by atomic mass is 9.94. The van der Waals surface area contributed by atoms with E-state index in [2.05, 4.69) is 4.99 Å². The minimum atomic E-state index is -0.130. The first kappa shape index (κ1) is 17.1. The molecular formula is C22H20N2O3. The van der Waals surface area contributed by atoms with Crippen LogP contribution in [-0.4, -0.2) is 38.8 Å². The highest BCUT2D eigenvalue weighted by atomic mass is 16.5. The molecule has 136 valence electrons. The van der Waals surface area contributed by atoms with Gasteiger partial charge in [0.2, 0.25) is 0 Å². The molecule has 2 aromatic carbocycles. The Labute approximate surface area is 158 Å². The molecule has 0 amide bonds. The number of fused-ring (bicyclic) bond motifs is 1. The van der Waals surface area contributed by atoms with Crippen LogP contribution in [0.25, 0.3) is 5.57 Å². The molecule has 0 N–H and O–H groups in total. The van der Waals surface area contributed by atoms with E-state index >= 15 is 0 Å². The first-order valence-electron chi connectivity index (χ1n) is 8.64. The molecule has 2 heterocycles. The lowest BCUT2D eigenvalue weighted by Crippen LogP contribution is -2.21. The number of dihydropyridines is 1. The number of methoxy groups -OCH3 is 3. The average Bonchev–Trinajstić information content (AvgIpc) is 3.16. The van der Waals surface area contributed by atoms with Crippen molar-refractivity contribution in [3.05, 3.63) is 71.9 Å². The van der Waals surface area contributed by atoms with Crippen molar-refractivity contribution in [3.63, 3.8) is 0 Å². The van der Waals surface area contributed by atoms with Gasteiger partial charge in [0.1, 0.15) is 11.8 Å². The van der Waals surface area contributed by atoms with Crippen molar-refractivity contribution < 1.29 is 14.2 Å². The Morgan fingerprint density at radius 2 is 1.67 bits per heavy atom. The number of hydrogen-bond donors (Lipinski definition) is 0. The van der Waals surface area contributed by atoms with E-state index in [0.29, 0.717) is 11.5 Å². The van der Waals surface area contributed by atoms with Gasteiger partial charge in [-0.2, -0.15) is 0 Å². The van der Waals surface area contributed by atoms with Gasteiger partial charge in [0, 0.05) is 17.3 Å². The highest BCUT2D eigenvalue weighted by Crippen LogP contribution is 2.35. The summed E-state index contributed by atoms with van der Waals surface area (Å²) < 4.78 is 16.1. The second kappa shape index (κ2) is 7.11. The zero-order chi connectivity index (χ0) is 18.8. The van der Waals surface area contributed by atoms with Crippen LogP contribution in [0.3, 0.4) is 0 Å². The normalized spacial score (nSPS) is 17.6. The molecule has 0 aliphatic carbocycles. The van der Waals surface area contributed by atoms with E-state index in [0.717, 1.165) is 33.9 Å². The number of nitrogens with zero attached hydrogens (tertiary/aromatic N) is 2. The molecule has 2 aromatic rings. The summed E-state index contributed by atoms with van der Waals surface area (Å²) in [5.74, 6) is 2.20. The maximum absolute atomic E-state index is 5.44. The quantitative estimate of drug-likeness (QED) is 0.812. The van der Waals surface area contributed by atoms with E-state index in [1.54, 1.807) is 21.3 Å². The molecule has 2 aliphatic heterocycles. The lowest BCUT2D eigenvalue weighted by molar-refractivity contribution is 0.355. The van der Waals surface area contributed by atoms with Gasteiger partial charge < -0.3 is 14.2 Å². The standard InChI is InChI=1S/C22H20N2O3/c1-25-16-6-4-5-15(11-16)18-8-9-19-22(24-18)17(13-23-19)14-7-10-20(26-2)21(12-14)27-3/h4-13,22H,1-3H3. The fourth-order valence-corrected chi connectivity index (χ4v) is 3.26. The summed E-state index contributed by atoms with van der Waals surface area (Å²) in [5.41, 5.74) is 4.91. The van der Waals surface area contributed by atoms with Gasteiger partial charge in [-0.25, -0.2) is 0 Å². The van der Waals surface area contributed by atoms with Gasteiger partial charge in [-0.05, 0) is 42.0 Å². The Morgan fingerprint density at radius 3 is 2.44 bits per heavy atom. The van der Waals surface area contributed by atoms with Gasteiger partial charge >= 0.3 is 0 Å². The van der Waals surface area contributed by atoms with Crippen molar-refractivity contribution in [1.29, 1.82) is 0 Å². The molecule has 0 fully saturated rings. The van der Waals surface area contributed by atoms with Crippen LogP contribution in [-0.2, 0) is 0 Å². The van der Waals surface area contributed by atoms with E-state index in [-0.39, 0.29) is 6.04 Å². The molecule has 1 unspecified atom stereocenters. The van der Waals surface area contributed by atoms with E-state index in [9.17, 15) is 0 Å². The number of allylic oxidation sites excluding steroid dienone is 1. The summed E-state index contributed by atoms with van der Waals surface area (Å²) in [4.78, 5) is 9.49. The lowest BCUT2D eigenvalue weighted by Gasteiger charge is -2.18. The fraction of sp³-hybridized carbons (Fsp3) is 0.182. The number of hydrogen-bond acceptors (Lipinski definition) is 5. The van der Waals surface area contributed by atoms with Gasteiger partial charge in [0.25, 0.3) is 0 Å². The van der Waals surface area contributed by atoms with Crippen LogP contribution in [0, 0.1) is 0 Å². The van der Waals surface area contributed by atoms with E-state index < -0.39 is 0 Å². The van der Waals surface area contributed by atoms with Gasteiger partial charge in [0.05, 0.1) is 32.8 Å². The van der Waals surface area contributed by atoms with Crippen LogP contribution < -0.4 is 14.2 Å². The molecule has 1 atom stereocenters. The van der Waals surface area contributed by atoms with Crippen LogP contribution >= 0.6 is 0 Å². The SMILES string of the molecule is COc1cccc(C2=NC3C(c4ccc(OC)c(OC)c4)=CN=C3C=C2)c1. The summed E-state index contributed by atoms with van der Waals surface area (Å²) in [7, 11) is 4.93. The second-order valence-corrected chi connectivity index (χ2v) is 6.19. The van der Waals surface area contributed by atoms with Crippen molar-refractivity contribution in [3.8, 4) is 17.2 Å². The molecule has 0 bridgehead atoms. The van der Waals surface area contributed by atoms with Crippen molar-refractivity contribution in [1.82, 2.24) is 0 Å². The monoisotopic (exact) mass is 360 g/mol. The Bertz CT molecular complexity index is 1000. The number of benzene rings is 2. The van der Waals surface area contributed by atoms with Crippen LogP contribution in [0.4, 0.5) is 0 Å². The Hall–Kier alpha value is -3.34. The molecule has 5 nitrogen and oxygen atoms in total. The highest BCUT2D eigenvalue weighted by Gasteiger charge is 2.27. The second-order valence-electron chi connectivity index (χ2n) is 6.19. The topological polar surface area (TPSA) is 52.4 Å². The largest absolute Gasteiger partial charge is 0.497 e. The third-order valence-corrected chi connectivity index (χ3v) is 4.69. The minimum absolute atomic E-state index is 0.130. The molecule has 0 saturated heterocycles. The third kappa shape index (κ3) is 3.12. The molecule has 0 aromatic heterocycles. The molecule has 5 heteroatoms. The van der Waals surface area contributed by atoms with Crippen molar-refractivity contribution in [2.24, 2.45) is 9.98 Å². The van der Waals surface area contributed by atoms with E-state index in [4.69, 9.17) is 19.2 Å². The molecule has 0 radical (unpaired) electrons. The molecular weight excluding hydrogens is 340 g/mol. The maximum Gasteiger partial charge on any atom is 0.161 e. The number of rotatable bonds is 5. The Balaban J connectivity index is 1.69. The Kier molecular flexibility index (Phi) is 4.50. The predicted molar refractivity (Wildman–Crippen MR) is 107 cm³/mol. The zero-order valence-electron chi connectivity index (χ0n) is 15.5. The highest BCUT2D eigenvalue weighted by molar-refractivity contribution is 6.21. The first-order chi connectivity index (χ1) is 13.2. The summed E-state index contributed by atoms with van der Waals surface area (Å²) in [6.45, 7) is 0. The maximum atomic E-state index is 5.44. The van der Waals surface area contributed by atoms with Gasteiger partial charge in [-0.15, -0.1) is 0 Å². The van der Waals surface area contributed by atoms with Gasteiger partial charge in [-0.3, -0.25) is 9.98 Å². The molecule has 0 saturated carbocycles. The first-order valence-corrected chi connectivity index (χ1v) is 8.64. The van der Waals surface area contributed by atoms with E-state index in [1.165, 1.54) is 0 Å². The zero-order valence-corrected chi connectivity index (χ0v) is 15.5. The molecule has 0 spiro atoms. The average molecular weight is 360 g/mol. The predicted octanol–water partition coefficient (Wildman–Crippen LogP) is 3.94. The summed E-state index contributed by atoms with van der Waals surface area (Å²) >= 11 is 0. The summed E-state index contributed by atoms with van der Waals surface area (Å²) in [5, 5.41) is 0. The summed E-state index contributed by atoms with van der Waals surface area (Å²) in [6, 6.07) is 13.6. The fourth-order valence-electron chi connectivity index (χ4n) is 3.26. The van der Waals surface area contributed by atoms with Gasteiger partial charge in [-0.1, -0.05) is 18.2 Å². The minimum Gasteiger partial charge on any atom is -0.497 e. The summed E-state index contributed by atoms with van der Waals surface area (Å²) in [6.07, 6.45) is 5.90. The van der Waals surface area contributed by atoms with Crippen LogP contribution in [0.2, 0.25) is 0 Å². The third-order valence-electron chi connectivity index (χ3n) is 4.69. The van der Waals surface area contributed by atoms with Crippen LogP contribution in [0.1, 0.15) is 11.1 Å². The van der Waals surface area contributed by atoms with Crippen molar-refractivity contribution in [2.75, 3.05) is 21.3 Å². The molecule has 2 aliphatic rings. The van der Waals surface area contributed by atoms with E-state index in [1.807, 2.05) is 60.8 Å². The number of ether oxygens (including phenoxy) is 3. The van der Waals surface area contributed by atoms with Gasteiger partial charge in [0.15, 0.2) is 11.5 Å². The smallest absolute Gasteiger partial charge is 0.161 e.